The van der Waals surface area contributed by atoms with Crippen molar-refractivity contribution in [2.45, 2.75) is 57.3 Å². The molecule has 1 fully saturated rings. The first-order chi connectivity index (χ1) is 9.61. The zero-order valence-corrected chi connectivity index (χ0v) is 12.8. The SMILES string of the molecule is COC1CCCC1NCC(O)c1ccc(C(C)C)cc1. The van der Waals surface area contributed by atoms with Crippen LogP contribution in [0.5, 0.6) is 0 Å². The summed E-state index contributed by atoms with van der Waals surface area (Å²) in [5.74, 6) is 0.528. The number of aliphatic hydroxyl groups is 1. The fourth-order valence-corrected chi connectivity index (χ4v) is 2.93. The van der Waals surface area contributed by atoms with Crippen LogP contribution in [0.4, 0.5) is 0 Å². The van der Waals surface area contributed by atoms with Gasteiger partial charge in [-0.25, -0.2) is 0 Å². The van der Waals surface area contributed by atoms with E-state index in [0.717, 1.165) is 18.4 Å². The number of nitrogens with one attached hydrogen (secondary N) is 1. The van der Waals surface area contributed by atoms with Gasteiger partial charge in [0.15, 0.2) is 0 Å². The van der Waals surface area contributed by atoms with Gasteiger partial charge in [-0.05, 0) is 36.3 Å². The van der Waals surface area contributed by atoms with Gasteiger partial charge in [-0.2, -0.15) is 0 Å². The van der Waals surface area contributed by atoms with Crippen LogP contribution in [0, 0.1) is 0 Å². The van der Waals surface area contributed by atoms with E-state index in [2.05, 4.69) is 31.3 Å². The Morgan fingerprint density at radius 2 is 1.85 bits per heavy atom. The third-order valence-electron chi connectivity index (χ3n) is 4.32. The Labute approximate surface area is 122 Å². The molecule has 0 aromatic heterocycles. The quantitative estimate of drug-likeness (QED) is 0.840. The minimum atomic E-state index is -0.450. The summed E-state index contributed by atoms with van der Waals surface area (Å²) in [5, 5.41) is 13.7. The fourth-order valence-electron chi connectivity index (χ4n) is 2.93. The highest BCUT2D eigenvalue weighted by Crippen LogP contribution is 2.23. The Kier molecular flexibility index (Phi) is 5.58. The third-order valence-corrected chi connectivity index (χ3v) is 4.32. The van der Waals surface area contributed by atoms with Crippen molar-refractivity contribution in [2.75, 3.05) is 13.7 Å². The summed E-state index contributed by atoms with van der Waals surface area (Å²) in [6, 6.07) is 8.66. The molecule has 0 heterocycles. The molecule has 0 saturated heterocycles. The molecule has 3 heteroatoms. The molecule has 0 spiro atoms. The van der Waals surface area contributed by atoms with Crippen LogP contribution in [0.3, 0.4) is 0 Å². The average Bonchev–Trinajstić information content (AvgIpc) is 2.92. The van der Waals surface area contributed by atoms with Crippen molar-refractivity contribution in [1.82, 2.24) is 5.32 Å². The fraction of sp³-hybridized carbons (Fsp3) is 0.647. The van der Waals surface area contributed by atoms with Crippen molar-refractivity contribution in [3.63, 3.8) is 0 Å². The number of rotatable bonds is 6. The molecule has 2 N–H and O–H groups in total. The molecule has 0 radical (unpaired) electrons. The number of ether oxygens (including phenoxy) is 1. The van der Waals surface area contributed by atoms with E-state index < -0.39 is 6.10 Å². The molecular formula is C17H27NO2. The summed E-state index contributed by atoms with van der Waals surface area (Å²) in [6.45, 7) is 4.95. The van der Waals surface area contributed by atoms with Gasteiger partial charge in [0.05, 0.1) is 12.2 Å². The van der Waals surface area contributed by atoms with Gasteiger partial charge in [0.1, 0.15) is 0 Å². The predicted molar refractivity (Wildman–Crippen MR) is 81.9 cm³/mol. The Balaban J connectivity index is 1.86. The predicted octanol–water partition coefficient (Wildman–Crippen LogP) is 3.00. The smallest absolute Gasteiger partial charge is 0.0914 e. The van der Waals surface area contributed by atoms with E-state index in [1.165, 1.54) is 12.0 Å². The lowest BCUT2D eigenvalue weighted by Crippen LogP contribution is -2.39. The highest BCUT2D eigenvalue weighted by molar-refractivity contribution is 5.26. The zero-order valence-electron chi connectivity index (χ0n) is 12.8. The molecule has 3 nitrogen and oxygen atoms in total. The number of methoxy groups -OCH3 is 1. The maximum absolute atomic E-state index is 10.3. The molecule has 1 aromatic rings. The van der Waals surface area contributed by atoms with Crippen LogP contribution < -0.4 is 5.32 Å². The van der Waals surface area contributed by atoms with E-state index in [4.69, 9.17) is 4.74 Å². The normalized spacial score (nSPS) is 24.2. The van der Waals surface area contributed by atoms with E-state index in [0.29, 0.717) is 24.6 Å². The molecule has 20 heavy (non-hydrogen) atoms. The molecule has 2 rings (SSSR count). The topological polar surface area (TPSA) is 41.5 Å². The highest BCUT2D eigenvalue weighted by atomic mass is 16.5. The summed E-state index contributed by atoms with van der Waals surface area (Å²) in [7, 11) is 1.77. The Bertz CT molecular complexity index is 402. The summed E-state index contributed by atoms with van der Waals surface area (Å²) in [4.78, 5) is 0. The number of hydrogen-bond donors (Lipinski definition) is 2. The van der Waals surface area contributed by atoms with Crippen LogP contribution in [-0.4, -0.2) is 30.9 Å². The van der Waals surface area contributed by atoms with Crippen LogP contribution >= 0.6 is 0 Å². The van der Waals surface area contributed by atoms with Crippen molar-refractivity contribution in [2.24, 2.45) is 0 Å². The lowest BCUT2D eigenvalue weighted by atomic mass is 10.00. The van der Waals surface area contributed by atoms with Gasteiger partial charge >= 0.3 is 0 Å². The second kappa shape index (κ2) is 7.21. The van der Waals surface area contributed by atoms with Crippen LogP contribution in [0.25, 0.3) is 0 Å². The molecule has 0 bridgehead atoms. The number of benzene rings is 1. The van der Waals surface area contributed by atoms with Crippen molar-refractivity contribution < 1.29 is 9.84 Å². The second-order valence-corrected chi connectivity index (χ2v) is 6.06. The monoisotopic (exact) mass is 277 g/mol. The van der Waals surface area contributed by atoms with E-state index >= 15 is 0 Å². The molecule has 0 aliphatic heterocycles. The Hall–Kier alpha value is -0.900. The summed E-state index contributed by atoms with van der Waals surface area (Å²) in [6.07, 6.45) is 3.31. The van der Waals surface area contributed by atoms with Crippen molar-refractivity contribution in [1.29, 1.82) is 0 Å². The Morgan fingerprint density at radius 3 is 2.45 bits per heavy atom. The third kappa shape index (κ3) is 3.81. The molecular weight excluding hydrogens is 250 g/mol. The number of aliphatic hydroxyl groups excluding tert-OH is 1. The van der Waals surface area contributed by atoms with E-state index in [-0.39, 0.29) is 0 Å². The van der Waals surface area contributed by atoms with Gasteiger partial charge in [-0.3, -0.25) is 0 Å². The first-order valence-electron chi connectivity index (χ1n) is 7.66. The maximum atomic E-state index is 10.3. The highest BCUT2D eigenvalue weighted by Gasteiger charge is 2.27. The summed E-state index contributed by atoms with van der Waals surface area (Å²) >= 11 is 0. The minimum Gasteiger partial charge on any atom is -0.387 e. The molecule has 1 aliphatic rings. The van der Waals surface area contributed by atoms with Gasteiger partial charge < -0.3 is 15.2 Å². The molecule has 112 valence electrons. The summed E-state index contributed by atoms with van der Waals surface area (Å²) < 4.78 is 5.46. The molecule has 3 atom stereocenters. The van der Waals surface area contributed by atoms with Gasteiger partial charge in [-0.15, -0.1) is 0 Å². The molecule has 1 aliphatic carbocycles. The Morgan fingerprint density at radius 1 is 1.20 bits per heavy atom. The van der Waals surface area contributed by atoms with Crippen LogP contribution in [-0.2, 0) is 4.74 Å². The lowest BCUT2D eigenvalue weighted by molar-refractivity contribution is 0.0780. The van der Waals surface area contributed by atoms with E-state index in [9.17, 15) is 5.11 Å². The van der Waals surface area contributed by atoms with Crippen molar-refractivity contribution in [3.05, 3.63) is 35.4 Å². The van der Waals surface area contributed by atoms with Gasteiger partial charge in [0.2, 0.25) is 0 Å². The van der Waals surface area contributed by atoms with Crippen LogP contribution in [0.15, 0.2) is 24.3 Å². The van der Waals surface area contributed by atoms with Crippen LogP contribution in [0.2, 0.25) is 0 Å². The molecule has 1 saturated carbocycles. The average molecular weight is 277 g/mol. The zero-order chi connectivity index (χ0) is 14.5. The van der Waals surface area contributed by atoms with Crippen LogP contribution in [0.1, 0.15) is 56.3 Å². The van der Waals surface area contributed by atoms with E-state index in [1.54, 1.807) is 7.11 Å². The largest absolute Gasteiger partial charge is 0.387 e. The molecule has 3 unspecified atom stereocenters. The van der Waals surface area contributed by atoms with Crippen molar-refractivity contribution in [3.8, 4) is 0 Å². The van der Waals surface area contributed by atoms with Gasteiger partial charge in [0, 0.05) is 19.7 Å². The maximum Gasteiger partial charge on any atom is 0.0914 e. The molecule has 1 aromatic carbocycles. The molecule has 0 amide bonds. The standard InChI is InChI=1S/C17H27NO2/c1-12(2)13-7-9-14(10-8-13)16(19)11-18-15-5-4-6-17(15)20-3/h7-10,12,15-19H,4-6,11H2,1-3H3. The summed E-state index contributed by atoms with van der Waals surface area (Å²) in [5.41, 5.74) is 2.29. The minimum absolute atomic E-state index is 0.297. The lowest BCUT2D eigenvalue weighted by Gasteiger charge is -2.22. The van der Waals surface area contributed by atoms with Gasteiger partial charge in [0.25, 0.3) is 0 Å². The first kappa shape index (κ1) is 15.5. The second-order valence-electron chi connectivity index (χ2n) is 6.06. The first-order valence-corrected chi connectivity index (χ1v) is 7.66. The number of hydrogen-bond acceptors (Lipinski definition) is 3. The van der Waals surface area contributed by atoms with Gasteiger partial charge in [-0.1, -0.05) is 38.1 Å². The van der Waals surface area contributed by atoms with E-state index in [1.807, 2.05) is 12.1 Å². The van der Waals surface area contributed by atoms with Crippen molar-refractivity contribution >= 4 is 0 Å².